The number of anilines is 1. The second-order valence-electron chi connectivity index (χ2n) is 5.20. The van der Waals surface area contributed by atoms with E-state index in [4.69, 9.17) is 5.73 Å². The molecule has 2 aromatic rings. The molecule has 3 N–H and O–H groups in total. The van der Waals surface area contributed by atoms with Gasteiger partial charge in [0.25, 0.3) is 0 Å². The first-order chi connectivity index (χ1) is 9.50. The van der Waals surface area contributed by atoms with Crippen LogP contribution in [0.25, 0.3) is 0 Å². The highest BCUT2D eigenvalue weighted by Crippen LogP contribution is 2.22. The molecule has 0 saturated carbocycles. The van der Waals surface area contributed by atoms with Crippen molar-refractivity contribution in [2.24, 2.45) is 5.73 Å². The monoisotopic (exact) mass is 336 g/mol. The van der Waals surface area contributed by atoms with Gasteiger partial charge in [-0.15, -0.1) is 0 Å². The quantitative estimate of drug-likeness (QED) is 0.867. The maximum absolute atomic E-state index is 12.9. The molecule has 20 heavy (non-hydrogen) atoms. The van der Waals surface area contributed by atoms with E-state index < -0.39 is 0 Å². The van der Waals surface area contributed by atoms with Crippen LogP contribution in [0, 0.1) is 5.82 Å². The Hall–Kier alpha value is -1.39. The molecule has 1 unspecified atom stereocenters. The topological polar surface area (TPSA) is 38.0 Å². The third kappa shape index (κ3) is 4.05. The van der Waals surface area contributed by atoms with Gasteiger partial charge < -0.3 is 11.1 Å². The largest absolute Gasteiger partial charge is 0.378 e. The summed E-state index contributed by atoms with van der Waals surface area (Å²) in [5.41, 5.74) is 7.71. The van der Waals surface area contributed by atoms with E-state index in [1.165, 1.54) is 12.1 Å². The van der Waals surface area contributed by atoms with E-state index in [1.807, 2.05) is 24.3 Å². The average Bonchev–Trinajstić information content (AvgIpc) is 2.41. The standard InChI is InChI=1S/C16H18BrFN2/c1-16(11-19,10-12-5-7-14(18)8-6-12)20-15-4-2-3-13(17)9-15/h2-9,20H,10-11,19H2,1H3. The van der Waals surface area contributed by atoms with Crippen molar-refractivity contribution in [1.82, 2.24) is 0 Å². The van der Waals surface area contributed by atoms with E-state index in [-0.39, 0.29) is 11.4 Å². The SMILES string of the molecule is CC(CN)(Cc1ccc(F)cc1)Nc1cccc(Br)c1. The van der Waals surface area contributed by atoms with Gasteiger partial charge in [0.15, 0.2) is 0 Å². The molecule has 0 saturated heterocycles. The number of benzene rings is 2. The number of nitrogens with two attached hydrogens (primary N) is 1. The Bertz CT molecular complexity index is 571. The Morgan fingerprint density at radius 1 is 1.20 bits per heavy atom. The molecule has 0 radical (unpaired) electrons. The second-order valence-corrected chi connectivity index (χ2v) is 6.12. The second kappa shape index (κ2) is 6.37. The first-order valence-electron chi connectivity index (χ1n) is 6.49. The molecule has 2 rings (SSSR count). The van der Waals surface area contributed by atoms with Crippen molar-refractivity contribution < 1.29 is 4.39 Å². The molecule has 0 spiro atoms. The Morgan fingerprint density at radius 2 is 1.90 bits per heavy atom. The van der Waals surface area contributed by atoms with Gasteiger partial charge in [-0.2, -0.15) is 0 Å². The zero-order valence-electron chi connectivity index (χ0n) is 11.4. The fourth-order valence-corrected chi connectivity index (χ4v) is 2.53. The van der Waals surface area contributed by atoms with Gasteiger partial charge in [0.1, 0.15) is 5.82 Å². The van der Waals surface area contributed by atoms with Crippen LogP contribution in [0.1, 0.15) is 12.5 Å². The summed E-state index contributed by atoms with van der Waals surface area (Å²) in [5, 5.41) is 3.46. The van der Waals surface area contributed by atoms with E-state index >= 15 is 0 Å². The van der Waals surface area contributed by atoms with Gasteiger partial charge in [-0.1, -0.05) is 34.1 Å². The number of hydrogen-bond acceptors (Lipinski definition) is 2. The Morgan fingerprint density at radius 3 is 2.50 bits per heavy atom. The van der Waals surface area contributed by atoms with Gasteiger partial charge in [-0.25, -0.2) is 4.39 Å². The van der Waals surface area contributed by atoms with Crippen molar-refractivity contribution >= 4 is 21.6 Å². The van der Waals surface area contributed by atoms with E-state index in [1.54, 1.807) is 12.1 Å². The molecule has 2 aromatic carbocycles. The summed E-state index contributed by atoms with van der Waals surface area (Å²) < 4.78 is 14.0. The van der Waals surface area contributed by atoms with Gasteiger partial charge in [0, 0.05) is 16.7 Å². The van der Waals surface area contributed by atoms with Gasteiger partial charge in [0.05, 0.1) is 5.54 Å². The summed E-state index contributed by atoms with van der Waals surface area (Å²) >= 11 is 3.45. The Labute approximate surface area is 127 Å². The summed E-state index contributed by atoms with van der Waals surface area (Å²) in [5.74, 6) is -0.219. The number of halogens is 2. The number of nitrogens with one attached hydrogen (secondary N) is 1. The van der Waals surface area contributed by atoms with Crippen LogP contribution in [-0.4, -0.2) is 12.1 Å². The van der Waals surface area contributed by atoms with Crippen LogP contribution in [0.15, 0.2) is 53.0 Å². The van der Waals surface area contributed by atoms with E-state index in [0.29, 0.717) is 6.54 Å². The maximum Gasteiger partial charge on any atom is 0.123 e. The predicted molar refractivity (Wildman–Crippen MR) is 85.3 cm³/mol. The zero-order chi connectivity index (χ0) is 14.6. The number of rotatable bonds is 5. The minimum Gasteiger partial charge on any atom is -0.378 e. The van der Waals surface area contributed by atoms with Gasteiger partial charge >= 0.3 is 0 Å². The maximum atomic E-state index is 12.9. The Balaban J connectivity index is 2.14. The zero-order valence-corrected chi connectivity index (χ0v) is 13.0. The van der Waals surface area contributed by atoms with Crippen molar-refractivity contribution in [3.8, 4) is 0 Å². The van der Waals surface area contributed by atoms with Crippen LogP contribution in [-0.2, 0) is 6.42 Å². The molecule has 0 fully saturated rings. The van der Waals surface area contributed by atoms with Gasteiger partial charge in [-0.3, -0.25) is 0 Å². The molecule has 0 aromatic heterocycles. The molecular formula is C16H18BrFN2. The summed E-state index contributed by atoms with van der Waals surface area (Å²) in [4.78, 5) is 0. The first kappa shape index (κ1) is 15.0. The first-order valence-corrected chi connectivity index (χ1v) is 7.28. The lowest BCUT2D eigenvalue weighted by molar-refractivity contribution is 0.520. The highest BCUT2D eigenvalue weighted by Gasteiger charge is 2.22. The van der Waals surface area contributed by atoms with Crippen LogP contribution in [0.4, 0.5) is 10.1 Å². The van der Waals surface area contributed by atoms with Crippen molar-refractivity contribution in [1.29, 1.82) is 0 Å². The third-order valence-electron chi connectivity index (χ3n) is 3.23. The molecule has 1 atom stereocenters. The highest BCUT2D eigenvalue weighted by atomic mass is 79.9. The van der Waals surface area contributed by atoms with E-state index in [9.17, 15) is 4.39 Å². The molecule has 2 nitrogen and oxygen atoms in total. The lowest BCUT2D eigenvalue weighted by Crippen LogP contribution is -2.44. The minimum absolute atomic E-state index is 0.219. The molecule has 4 heteroatoms. The minimum atomic E-state index is -0.279. The summed E-state index contributed by atoms with van der Waals surface area (Å²) in [6, 6.07) is 14.5. The molecular weight excluding hydrogens is 319 g/mol. The molecule has 0 aliphatic heterocycles. The molecule has 0 aliphatic rings. The fourth-order valence-electron chi connectivity index (χ4n) is 2.13. The van der Waals surface area contributed by atoms with Crippen LogP contribution in [0.5, 0.6) is 0 Å². The van der Waals surface area contributed by atoms with Crippen molar-refractivity contribution in [3.63, 3.8) is 0 Å². The van der Waals surface area contributed by atoms with Crippen LogP contribution in [0.3, 0.4) is 0 Å². The lowest BCUT2D eigenvalue weighted by Gasteiger charge is -2.31. The van der Waals surface area contributed by atoms with Crippen molar-refractivity contribution in [2.45, 2.75) is 18.9 Å². The van der Waals surface area contributed by atoms with Crippen molar-refractivity contribution in [2.75, 3.05) is 11.9 Å². The van der Waals surface area contributed by atoms with Crippen LogP contribution >= 0.6 is 15.9 Å². The Kier molecular flexibility index (Phi) is 4.78. The molecule has 0 aliphatic carbocycles. The normalized spacial score (nSPS) is 13.8. The average molecular weight is 337 g/mol. The molecule has 106 valence electrons. The summed E-state index contributed by atoms with van der Waals surface area (Å²) in [6.45, 7) is 2.55. The fraction of sp³-hybridized carbons (Fsp3) is 0.250. The van der Waals surface area contributed by atoms with Crippen LogP contribution in [0.2, 0.25) is 0 Å². The summed E-state index contributed by atoms with van der Waals surface area (Å²) in [6.07, 6.45) is 0.732. The predicted octanol–water partition coefficient (Wildman–Crippen LogP) is 3.96. The molecule has 0 bridgehead atoms. The third-order valence-corrected chi connectivity index (χ3v) is 3.72. The van der Waals surface area contributed by atoms with Gasteiger partial charge in [-0.05, 0) is 49.2 Å². The molecule has 0 amide bonds. The molecule has 0 heterocycles. The van der Waals surface area contributed by atoms with E-state index in [0.717, 1.165) is 22.1 Å². The van der Waals surface area contributed by atoms with Gasteiger partial charge in [0.2, 0.25) is 0 Å². The van der Waals surface area contributed by atoms with Crippen LogP contribution < -0.4 is 11.1 Å². The lowest BCUT2D eigenvalue weighted by atomic mass is 9.92. The summed E-state index contributed by atoms with van der Waals surface area (Å²) in [7, 11) is 0. The number of hydrogen-bond donors (Lipinski definition) is 2. The van der Waals surface area contributed by atoms with Crippen molar-refractivity contribution in [3.05, 3.63) is 64.4 Å². The van der Waals surface area contributed by atoms with E-state index in [2.05, 4.69) is 28.2 Å². The smallest absolute Gasteiger partial charge is 0.123 e. The highest BCUT2D eigenvalue weighted by molar-refractivity contribution is 9.10.